The standard InChI is InChI=1S/C19H17N3OS/c1-13(16-8-4-6-14-5-2-3-7-17(14)16)20-18(23)11-15-12-22-9-10-24-19(22)21-15/h2-10,12-13H,11H2,1H3,(H,20,23)/t13-/m0/s1. The second kappa shape index (κ2) is 6.09. The smallest absolute Gasteiger partial charge is 0.226 e. The second-order valence-corrected chi connectivity index (χ2v) is 6.73. The number of aromatic nitrogens is 2. The maximum atomic E-state index is 12.4. The first-order chi connectivity index (χ1) is 11.7. The van der Waals surface area contributed by atoms with Gasteiger partial charge in [-0.25, -0.2) is 4.98 Å². The number of carbonyl (C=O) groups is 1. The Kier molecular flexibility index (Phi) is 3.78. The van der Waals surface area contributed by atoms with Gasteiger partial charge in [0.05, 0.1) is 18.2 Å². The molecule has 0 fully saturated rings. The van der Waals surface area contributed by atoms with Gasteiger partial charge in [-0.1, -0.05) is 42.5 Å². The molecule has 0 aliphatic carbocycles. The summed E-state index contributed by atoms with van der Waals surface area (Å²) in [5.41, 5.74) is 1.93. The van der Waals surface area contributed by atoms with Crippen LogP contribution in [0.1, 0.15) is 24.2 Å². The number of hydrogen-bond donors (Lipinski definition) is 1. The van der Waals surface area contributed by atoms with E-state index in [-0.39, 0.29) is 11.9 Å². The summed E-state index contributed by atoms with van der Waals surface area (Å²) in [4.78, 5) is 17.8. The van der Waals surface area contributed by atoms with E-state index >= 15 is 0 Å². The predicted molar refractivity (Wildman–Crippen MR) is 97.3 cm³/mol. The molecule has 0 saturated heterocycles. The van der Waals surface area contributed by atoms with Crippen LogP contribution in [0.2, 0.25) is 0 Å². The molecule has 1 amide bonds. The van der Waals surface area contributed by atoms with Gasteiger partial charge in [0, 0.05) is 17.8 Å². The number of amides is 1. The van der Waals surface area contributed by atoms with Gasteiger partial charge in [-0.15, -0.1) is 11.3 Å². The van der Waals surface area contributed by atoms with E-state index in [1.54, 1.807) is 11.3 Å². The summed E-state index contributed by atoms with van der Waals surface area (Å²) < 4.78 is 1.95. The zero-order valence-corrected chi connectivity index (χ0v) is 14.1. The largest absolute Gasteiger partial charge is 0.349 e. The summed E-state index contributed by atoms with van der Waals surface area (Å²) in [6, 6.07) is 14.4. The lowest BCUT2D eigenvalue weighted by molar-refractivity contribution is -0.121. The highest BCUT2D eigenvalue weighted by Gasteiger charge is 2.14. The van der Waals surface area contributed by atoms with E-state index in [9.17, 15) is 4.79 Å². The third-order valence-corrected chi connectivity index (χ3v) is 4.92. The first-order valence-corrected chi connectivity index (χ1v) is 8.77. The number of hydrogen-bond acceptors (Lipinski definition) is 3. The molecule has 1 atom stereocenters. The van der Waals surface area contributed by atoms with Crippen LogP contribution in [0.3, 0.4) is 0 Å². The van der Waals surface area contributed by atoms with Crippen molar-refractivity contribution in [3.8, 4) is 0 Å². The molecule has 0 unspecified atom stereocenters. The van der Waals surface area contributed by atoms with E-state index in [4.69, 9.17) is 0 Å². The molecule has 1 N–H and O–H groups in total. The van der Waals surface area contributed by atoms with Crippen molar-refractivity contribution in [2.24, 2.45) is 0 Å². The Labute approximate surface area is 143 Å². The Morgan fingerprint density at radius 3 is 2.96 bits per heavy atom. The lowest BCUT2D eigenvalue weighted by Crippen LogP contribution is -2.28. The van der Waals surface area contributed by atoms with Gasteiger partial charge in [0.2, 0.25) is 5.91 Å². The van der Waals surface area contributed by atoms with Gasteiger partial charge < -0.3 is 5.32 Å². The summed E-state index contributed by atoms with van der Waals surface area (Å²) in [7, 11) is 0. The average Bonchev–Trinajstić information content (AvgIpc) is 3.15. The molecular weight excluding hydrogens is 318 g/mol. The van der Waals surface area contributed by atoms with Gasteiger partial charge in [0.25, 0.3) is 0 Å². The van der Waals surface area contributed by atoms with E-state index < -0.39 is 0 Å². The van der Waals surface area contributed by atoms with Gasteiger partial charge in [0.15, 0.2) is 4.96 Å². The van der Waals surface area contributed by atoms with Crippen molar-refractivity contribution in [2.45, 2.75) is 19.4 Å². The molecule has 0 spiro atoms. The van der Waals surface area contributed by atoms with Gasteiger partial charge in [-0.3, -0.25) is 9.20 Å². The molecule has 0 aliphatic heterocycles. The maximum absolute atomic E-state index is 12.4. The van der Waals surface area contributed by atoms with Crippen molar-refractivity contribution in [3.05, 3.63) is 71.5 Å². The molecule has 0 saturated carbocycles. The molecule has 0 radical (unpaired) electrons. The molecular formula is C19H17N3OS. The molecule has 2 aromatic heterocycles. The molecule has 5 heteroatoms. The van der Waals surface area contributed by atoms with Crippen molar-refractivity contribution >= 4 is 33.0 Å². The third kappa shape index (κ3) is 2.78. The normalized spacial score (nSPS) is 12.5. The zero-order valence-electron chi connectivity index (χ0n) is 13.3. The molecule has 0 aliphatic rings. The predicted octanol–water partition coefficient (Wildman–Crippen LogP) is 3.97. The zero-order chi connectivity index (χ0) is 16.5. The highest BCUT2D eigenvalue weighted by Crippen LogP contribution is 2.24. The van der Waals surface area contributed by atoms with Crippen molar-refractivity contribution in [1.29, 1.82) is 0 Å². The third-order valence-electron chi connectivity index (χ3n) is 4.15. The Morgan fingerprint density at radius 1 is 1.25 bits per heavy atom. The van der Waals surface area contributed by atoms with Gasteiger partial charge in [-0.2, -0.15) is 0 Å². The van der Waals surface area contributed by atoms with Crippen LogP contribution in [0, 0.1) is 0 Å². The van der Waals surface area contributed by atoms with Gasteiger partial charge in [0.1, 0.15) is 0 Å². The topological polar surface area (TPSA) is 46.4 Å². The highest BCUT2D eigenvalue weighted by molar-refractivity contribution is 7.15. The minimum Gasteiger partial charge on any atom is -0.349 e. The van der Waals surface area contributed by atoms with Crippen LogP contribution in [-0.2, 0) is 11.2 Å². The summed E-state index contributed by atoms with van der Waals surface area (Å²) >= 11 is 1.57. The number of carbonyl (C=O) groups excluding carboxylic acids is 1. The monoisotopic (exact) mass is 335 g/mol. The van der Waals surface area contributed by atoms with Crippen LogP contribution < -0.4 is 5.32 Å². The van der Waals surface area contributed by atoms with Crippen molar-refractivity contribution in [2.75, 3.05) is 0 Å². The van der Waals surface area contributed by atoms with E-state index in [1.807, 2.05) is 47.3 Å². The van der Waals surface area contributed by atoms with Crippen molar-refractivity contribution < 1.29 is 4.79 Å². The van der Waals surface area contributed by atoms with Gasteiger partial charge in [-0.05, 0) is 23.3 Å². The Balaban J connectivity index is 1.51. The maximum Gasteiger partial charge on any atom is 0.226 e. The molecule has 2 heterocycles. The number of nitrogens with one attached hydrogen (secondary N) is 1. The van der Waals surface area contributed by atoms with Crippen LogP contribution in [0.5, 0.6) is 0 Å². The first-order valence-electron chi connectivity index (χ1n) is 7.89. The Hall–Kier alpha value is -2.66. The summed E-state index contributed by atoms with van der Waals surface area (Å²) in [5.74, 6) is -0.0128. The van der Waals surface area contributed by atoms with E-state index in [0.29, 0.717) is 6.42 Å². The fraction of sp³-hybridized carbons (Fsp3) is 0.158. The van der Waals surface area contributed by atoms with Crippen LogP contribution in [-0.4, -0.2) is 15.3 Å². The summed E-state index contributed by atoms with van der Waals surface area (Å²) in [6.07, 6.45) is 4.16. The number of thiazole rings is 1. The molecule has 4 nitrogen and oxygen atoms in total. The second-order valence-electron chi connectivity index (χ2n) is 5.86. The van der Waals surface area contributed by atoms with E-state index in [2.05, 4.69) is 34.6 Å². The van der Waals surface area contributed by atoms with Crippen LogP contribution in [0.4, 0.5) is 0 Å². The Bertz CT molecular complexity index is 984. The fourth-order valence-electron chi connectivity index (χ4n) is 3.02. The number of imidazole rings is 1. The SMILES string of the molecule is C[C@H](NC(=O)Cc1cn2ccsc2n1)c1cccc2ccccc12. The van der Waals surface area contributed by atoms with Crippen molar-refractivity contribution in [3.63, 3.8) is 0 Å². The van der Waals surface area contributed by atoms with Crippen molar-refractivity contribution in [1.82, 2.24) is 14.7 Å². The summed E-state index contributed by atoms with van der Waals surface area (Å²) in [5, 5.41) is 7.43. The minimum absolute atomic E-state index is 0.0128. The highest BCUT2D eigenvalue weighted by atomic mass is 32.1. The first kappa shape index (κ1) is 14.9. The number of rotatable bonds is 4. The lowest BCUT2D eigenvalue weighted by atomic mass is 9.99. The molecule has 0 bridgehead atoms. The lowest BCUT2D eigenvalue weighted by Gasteiger charge is -2.16. The fourth-order valence-corrected chi connectivity index (χ4v) is 3.74. The van der Waals surface area contributed by atoms with Crippen LogP contribution in [0.15, 0.2) is 60.2 Å². The van der Waals surface area contributed by atoms with Crippen LogP contribution >= 0.6 is 11.3 Å². The summed E-state index contributed by atoms with van der Waals surface area (Å²) in [6.45, 7) is 2.02. The molecule has 4 aromatic rings. The van der Waals surface area contributed by atoms with Gasteiger partial charge >= 0.3 is 0 Å². The number of fused-ring (bicyclic) bond motifs is 2. The molecule has 2 aromatic carbocycles. The molecule has 24 heavy (non-hydrogen) atoms. The molecule has 4 rings (SSSR count). The number of nitrogens with zero attached hydrogens (tertiary/aromatic N) is 2. The quantitative estimate of drug-likeness (QED) is 0.613. The average molecular weight is 335 g/mol. The molecule has 120 valence electrons. The van der Waals surface area contributed by atoms with E-state index in [0.717, 1.165) is 16.2 Å². The minimum atomic E-state index is -0.0488. The van der Waals surface area contributed by atoms with Crippen LogP contribution in [0.25, 0.3) is 15.7 Å². The van der Waals surface area contributed by atoms with E-state index in [1.165, 1.54) is 10.8 Å². The Morgan fingerprint density at radius 2 is 2.08 bits per heavy atom. The number of benzene rings is 2.